The zero-order valence-corrected chi connectivity index (χ0v) is 11.8. The molecule has 5 nitrogen and oxygen atoms in total. The summed E-state index contributed by atoms with van der Waals surface area (Å²) in [7, 11) is -1.17. The van der Waals surface area contributed by atoms with Gasteiger partial charge in [0.15, 0.2) is 0 Å². The Balaban J connectivity index is 2.35. The monoisotopic (exact) mass is 272 g/mol. The van der Waals surface area contributed by atoms with Crippen LogP contribution in [0.5, 0.6) is 5.75 Å². The van der Waals surface area contributed by atoms with Crippen molar-refractivity contribution in [3.05, 3.63) is 41.9 Å². The first-order chi connectivity index (χ1) is 8.52. The van der Waals surface area contributed by atoms with Gasteiger partial charge in [0.25, 0.3) is 0 Å². The topological polar surface area (TPSA) is 46.2 Å². The van der Waals surface area contributed by atoms with Crippen LogP contribution in [0.3, 0.4) is 0 Å². The Morgan fingerprint density at radius 2 is 1.39 bits per heavy atom. The molecule has 1 aliphatic heterocycles. The molecule has 0 saturated carbocycles. The summed E-state index contributed by atoms with van der Waals surface area (Å²) < 4.78 is 27.9. The molecule has 0 aliphatic carbocycles. The third-order valence-electron chi connectivity index (χ3n) is 2.66. The number of hydrogen-bond acceptors (Lipinski definition) is 5. The van der Waals surface area contributed by atoms with Crippen molar-refractivity contribution in [1.29, 1.82) is 0 Å². The van der Waals surface area contributed by atoms with Crippen LogP contribution < -0.4 is 4.52 Å². The minimum absolute atomic E-state index is 0.557. The van der Waals surface area contributed by atoms with Gasteiger partial charge in [-0.15, -0.1) is 0 Å². The van der Waals surface area contributed by atoms with Gasteiger partial charge in [-0.1, -0.05) is 0 Å². The predicted octanol–water partition coefficient (Wildman–Crippen LogP) is 3.78. The summed E-state index contributed by atoms with van der Waals surface area (Å²) in [5.41, 5.74) is 0. The normalized spacial score (nSPS) is 22.6. The number of rotatable bonds is 4. The molecule has 0 N–H and O–H groups in total. The molecule has 100 valence electrons. The van der Waals surface area contributed by atoms with Crippen LogP contribution in [-0.4, -0.2) is 14.2 Å². The fraction of sp³-hybridized carbons (Fsp3) is 0.333. The predicted molar refractivity (Wildman–Crippen MR) is 68.6 cm³/mol. The zero-order valence-electron chi connectivity index (χ0n) is 10.9. The summed E-state index contributed by atoms with van der Waals surface area (Å²) in [4.78, 5) is 0. The van der Waals surface area contributed by atoms with Crippen LogP contribution in [0.1, 0.15) is 13.8 Å². The molecule has 1 aromatic carbocycles. The van der Waals surface area contributed by atoms with E-state index in [9.17, 15) is 0 Å². The summed E-state index contributed by atoms with van der Waals surface area (Å²) >= 11 is 0. The minimum atomic E-state index is -4.05. The van der Waals surface area contributed by atoms with Gasteiger partial charge in [-0.05, 0) is 0 Å². The van der Waals surface area contributed by atoms with E-state index in [1.807, 2.05) is 18.2 Å². The Morgan fingerprint density at radius 1 is 0.889 bits per heavy atom. The molecule has 6 heteroatoms. The fourth-order valence-corrected chi connectivity index (χ4v) is 3.91. The van der Waals surface area contributed by atoms with Crippen LogP contribution in [0.4, 0.5) is 0 Å². The van der Waals surface area contributed by atoms with E-state index in [0.717, 1.165) is 0 Å². The summed E-state index contributed by atoms with van der Waals surface area (Å²) in [6.45, 7) is 3.55. The van der Waals surface area contributed by atoms with Crippen LogP contribution in [-0.2, 0) is 18.1 Å². The molecule has 0 radical (unpaired) electrons. The molecule has 1 heterocycles. The molecule has 0 bridgehead atoms. The molecule has 0 amide bonds. The third-order valence-corrected chi connectivity index (χ3v) is 5.51. The van der Waals surface area contributed by atoms with Crippen LogP contribution in [0.15, 0.2) is 41.9 Å². The molecule has 0 aromatic heterocycles. The van der Waals surface area contributed by atoms with E-state index in [0.29, 0.717) is 17.3 Å². The second-order valence-corrected chi connectivity index (χ2v) is 6.58. The molecule has 0 spiro atoms. The molecular weight excluding hydrogens is 255 g/mol. The Labute approximate surface area is 107 Å². The van der Waals surface area contributed by atoms with Crippen molar-refractivity contribution in [1.82, 2.24) is 0 Å². The molecule has 0 saturated heterocycles. The van der Waals surface area contributed by atoms with E-state index >= 15 is 0 Å². The molecule has 2 rings (SSSR count). The molecule has 0 unspecified atom stereocenters. The van der Waals surface area contributed by atoms with Gasteiger partial charge in [-0.2, -0.15) is 0 Å². The van der Waals surface area contributed by atoms with Crippen molar-refractivity contribution in [2.45, 2.75) is 13.8 Å². The maximum atomic E-state index is 5.79. The van der Waals surface area contributed by atoms with Crippen LogP contribution in [0.25, 0.3) is 0 Å². The first-order valence-corrected chi connectivity index (χ1v) is 7.33. The number of benzene rings is 1. The standard InChI is InChI=1S/C12H17O5P/c1-10-11(2)16-18(13-3,14-4,15-10)17-12-8-6-5-7-9-12/h5-9H,1-4H3. The van der Waals surface area contributed by atoms with E-state index < -0.39 is 7.74 Å². The van der Waals surface area contributed by atoms with Crippen LogP contribution in [0.2, 0.25) is 0 Å². The van der Waals surface area contributed by atoms with Crippen molar-refractivity contribution in [3.8, 4) is 5.75 Å². The van der Waals surface area contributed by atoms with Crippen LogP contribution in [0, 0.1) is 0 Å². The molecule has 0 atom stereocenters. The van der Waals surface area contributed by atoms with Gasteiger partial charge in [-0.25, -0.2) is 0 Å². The average Bonchev–Trinajstić information content (AvgIpc) is 2.65. The summed E-state index contributed by atoms with van der Waals surface area (Å²) in [6.07, 6.45) is 0. The number of para-hydroxylation sites is 1. The fourth-order valence-electron chi connectivity index (χ4n) is 1.58. The average molecular weight is 272 g/mol. The van der Waals surface area contributed by atoms with Gasteiger partial charge in [0.05, 0.1) is 0 Å². The molecule has 18 heavy (non-hydrogen) atoms. The van der Waals surface area contributed by atoms with Crippen LogP contribution >= 0.6 is 7.74 Å². The van der Waals surface area contributed by atoms with Gasteiger partial charge in [0.2, 0.25) is 0 Å². The molecule has 1 aromatic rings. The Hall–Kier alpha value is -1.29. The summed E-state index contributed by atoms with van der Waals surface area (Å²) in [5, 5.41) is 0. The quantitative estimate of drug-likeness (QED) is 0.780. The summed E-state index contributed by atoms with van der Waals surface area (Å²) in [6, 6.07) is 9.14. The zero-order chi connectivity index (χ0) is 13.3. The number of allylic oxidation sites excluding steroid dienone is 2. The van der Waals surface area contributed by atoms with Crippen molar-refractivity contribution in [2.24, 2.45) is 0 Å². The van der Waals surface area contributed by atoms with Gasteiger partial charge >= 0.3 is 106 Å². The molecular formula is C12H17O5P. The van der Waals surface area contributed by atoms with Gasteiger partial charge < -0.3 is 0 Å². The van der Waals surface area contributed by atoms with E-state index in [1.165, 1.54) is 14.2 Å². The van der Waals surface area contributed by atoms with E-state index in [1.54, 1.807) is 26.0 Å². The van der Waals surface area contributed by atoms with Crippen molar-refractivity contribution in [3.63, 3.8) is 0 Å². The van der Waals surface area contributed by atoms with Gasteiger partial charge in [-0.3, -0.25) is 0 Å². The van der Waals surface area contributed by atoms with E-state index in [-0.39, 0.29) is 0 Å². The maximum absolute atomic E-state index is 5.79. The third kappa shape index (κ3) is 2.05. The Bertz CT molecular complexity index is 449. The van der Waals surface area contributed by atoms with Gasteiger partial charge in [0, 0.05) is 0 Å². The van der Waals surface area contributed by atoms with Gasteiger partial charge in [0.1, 0.15) is 0 Å². The second kappa shape index (κ2) is 4.43. The molecule has 1 aliphatic rings. The van der Waals surface area contributed by atoms with Crippen molar-refractivity contribution >= 4 is 7.74 Å². The second-order valence-electron chi connectivity index (χ2n) is 3.81. The van der Waals surface area contributed by atoms with E-state index in [2.05, 4.69) is 0 Å². The SMILES string of the molecule is COP1(OC)(Oc2ccccc2)OC(C)=C(C)O1. The Morgan fingerprint density at radius 3 is 1.83 bits per heavy atom. The van der Waals surface area contributed by atoms with Crippen molar-refractivity contribution < 1.29 is 22.6 Å². The Kier molecular flexibility index (Phi) is 3.23. The summed E-state index contributed by atoms with van der Waals surface area (Å²) in [5.74, 6) is 1.74. The molecule has 0 fully saturated rings. The first kappa shape index (κ1) is 13.1. The first-order valence-electron chi connectivity index (χ1n) is 5.50. The van der Waals surface area contributed by atoms with Crippen molar-refractivity contribution in [2.75, 3.05) is 14.2 Å². The number of hydrogen-bond donors (Lipinski definition) is 0. The van der Waals surface area contributed by atoms with E-state index in [4.69, 9.17) is 22.6 Å².